The Balaban J connectivity index is 2.78. The first-order valence-corrected chi connectivity index (χ1v) is 4.16. The normalized spacial score (nSPS) is 25.0. The van der Waals surface area contributed by atoms with Gasteiger partial charge in [-0.3, -0.25) is 0 Å². The summed E-state index contributed by atoms with van der Waals surface area (Å²) in [4.78, 5) is 0. The van der Waals surface area contributed by atoms with Crippen LogP contribution < -0.4 is 0 Å². The molecule has 0 amide bonds. The summed E-state index contributed by atoms with van der Waals surface area (Å²) in [6.45, 7) is 6.28. The van der Waals surface area contributed by atoms with E-state index >= 15 is 0 Å². The van der Waals surface area contributed by atoms with Gasteiger partial charge in [-0.15, -0.1) is 0 Å². The standard InChI is InChI=1S/C10H16O/c1-7(2)9-5-4-8(3)6-10(9)11/h4-5,7,10-11H,6H2,1-3H3. The minimum atomic E-state index is -0.236. The lowest BCUT2D eigenvalue weighted by atomic mass is 9.89. The summed E-state index contributed by atoms with van der Waals surface area (Å²) in [5.41, 5.74) is 2.43. The lowest BCUT2D eigenvalue weighted by molar-refractivity contribution is 0.198. The van der Waals surface area contributed by atoms with Gasteiger partial charge in [-0.05, 0) is 24.8 Å². The molecular formula is C10H16O. The summed E-state index contributed by atoms with van der Waals surface area (Å²) in [6.07, 6.45) is 4.72. The molecule has 1 aliphatic rings. The van der Waals surface area contributed by atoms with Gasteiger partial charge in [0, 0.05) is 0 Å². The van der Waals surface area contributed by atoms with Gasteiger partial charge in [0.2, 0.25) is 0 Å². The van der Waals surface area contributed by atoms with Crippen LogP contribution in [0.1, 0.15) is 27.2 Å². The molecule has 0 saturated heterocycles. The molecule has 1 nitrogen and oxygen atoms in total. The fourth-order valence-corrected chi connectivity index (χ4v) is 1.42. The minimum Gasteiger partial charge on any atom is -0.388 e. The van der Waals surface area contributed by atoms with E-state index in [-0.39, 0.29) is 6.10 Å². The van der Waals surface area contributed by atoms with Crippen molar-refractivity contribution in [3.8, 4) is 0 Å². The van der Waals surface area contributed by atoms with E-state index in [1.54, 1.807) is 0 Å². The molecule has 1 aliphatic carbocycles. The van der Waals surface area contributed by atoms with Gasteiger partial charge in [-0.1, -0.05) is 31.6 Å². The van der Waals surface area contributed by atoms with Crippen LogP contribution in [0.15, 0.2) is 23.3 Å². The Labute approximate surface area is 68.4 Å². The van der Waals surface area contributed by atoms with E-state index in [2.05, 4.69) is 26.8 Å². The van der Waals surface area contributed by atoms with Crippen molar-refractivity contribution in [2.75, 3.05) is 0 Å². The van der Waals surface area contributed by atoms with Gasteiger partial charge in [-0.25, -0.2) is 0 Å². The van der Waals surface area contributed by atoms with Gasteiger partial charge in [-0.2, -0.15) is 0 Å². The first kappa shape index (κ1) is 8.54. The Morgan fingerprint density at radius 3 is 2.55 bits per heavy atom. The third-order valence-corrected chi connectivity index (χ3v) is 2.13. The number of rotatable bonds is 1. The summed E-state index contributed by atoms with van der Waals surface area (Å²) in [7, 11) is 0. The SMILES string of the molecule is CC1=CC=C(C(C)C)C(O)C1. The van der Waals surface area contributed by atoms with E-state index in [1.165, 1.54) is 5.57 Å². The molecule has 1 rings (SSSR count). The third-order valence-electron chi connectivity index (χ3n) is 2.13. The maximum Gasteiger partial charge on any atom is 0.0792 e. The molecule has 0 aromatic rings. The predicted molar refractivity (Wildman–Crippen MR) is 47.3 cm³/mol. The minimum absolute atomic E-state index is 0.236. The first-order chi connectivity index (χ1) is 5.11. The zero-order valence-corrected chi connectivity index (χ0v) is 7.46. The van der Waals surface area contributed by atoms with Crippen molar-refractivity contribution < 1.29 is 5.11 Å². The molecule has 11 heavy (non-hydrogen) atoms. The molecule has 0 spiro atoms. The highest BCUT2D eigenvalue weighted by Crippen LogP contribution is 2.23. The van der Waals surface area contributed by atoms with Crippen molar-refractivity contribution >= 4 is 0 Å². The lowest BCUT2D eigenvalue weighted by Crippen LogP contribution is -2.17. The maximum atomic E-state index is 9.60. The van der Waals surface area contributed by atoms with Crippen molar-refractivity contribution in [2.24, 2.45) is 5.92 Å². The summed E-state index contributed by atoms with van der Waals surface area (Å²) < 4.78 is 0. The van der Waals surface area contributed by atoms with Crippen LogP contribution in [0.4, 0.5) is 0 Å². The predicted octanol–water partition coefficient (Wildman–Crippen LogP) is 2.28. The molecule has 0 bridgehead atoms. The van der Waals surface area contributed by atoms with E-state index < -0.39 is 0 Å². The number of allylic oxidation sites excluding steroid dienone is 2. The average Bonchev–Trinajstić information content (AvgIpc) is 1.85. The number of aliphatic hydroxyl groups is 1. The molecule has 0 radical (unpaired) electrons. The largest absolute Gasteiger partial charge is 0.388 e. The van der Waals surface area contributed by atoms with Gasteiger partial charge >= 0.3 is 0 Å². The highest BCUT2D eigenvalue weighted by atomic mass is 16.3. The van der Waals surface area contributed by atoms with Crippen LogP contribution in [0.25, 0.3) is 0 Å². The van der Waals surface area contributed by atoms with Crippen LogP contribution in [-0.2, 0) is 0 Å². The maximum absolute atomic E-state index is 9.60. The second kappa shape index (κ2) is 3.22. The summed E-state index contributed by atoms with van der Waals surface area (Å²) in [5, 5.41) is 9.60. The first-order valence-electron chi connectivity index (χ1n) is 4.16. The van der Waals surface area contributed by atoms with E-state index in [1.807, 2.05) is 6.08 Å². The average molecular weight is 152 g/mol. The molecule has 0 heterocycles. The van der Waals surface area contributed by atoms with Crippen LogP contribution >= 0.6 is 0 Å². The van der Waals surface area contributed by atoms with Gasteiger partial charge < -0.3 is 5.11 Å². The van der Waals surface area contributed by atoms with Crippen molar-refractivity contribution in [1.29, 1.82) is 0 Å². The van der Waals surface area contributed by atoms with E-state index in [4.69, 9.17) is 0 Å². The molecule has 1 N–H and O–H groups in total. The van der Waals surface area contributed by atoms with Crippen molar-refractivity contribution in [1.82, 2.24) is 0 Å². The lowest BCUT2D eigenvalue weighted by Gasteiger charge is -2.21. The van der Waals surface area contributed by atoms with Crippen LogP contribution in [0.3, 0.4) is 0 Å². The molecule has 0 fully saturated rings. The molecule has 1 heteroatoms. The zero-order valence-electron chi connectivity index (χ0n) is 7.46. The van der Waals surface area contributed by atoms with Gasteiger partial charge in [0.1, 0.15) is 0 Å². The third kappa shape index (κ3) is 1.93. The van der Waals surface area contributed by atoms with Crippen LogP contribution in [0.2, 0.25) is 0 Å². The number of aliphatic hydroxyl groups excluding tert-OH is 1. The monoisotopic (exact) mass is 152 g/mol. The van der Waals surface area contributed by atoms with Crippen molar-refractivity contribution in [2.45, 2.75) is 33.3 Å². The Bertz CT molecular complexity index is 199. The smallest absolute Gasteiger partial charge is 0.0792 e. The Kier molecular flexibility index (Phi) is 2.50. The molecule has 0 saturated carbocycles. The molecule has 62 valence electrons. The van der Waals surface area contributed by atoms with Gasteiger partial charge in [0.15, 0.2) is 0 Å². The van der Waals surface area contributed by atoms with E-state index in [0.29, 0.717) is 5.92 Å². The summed E-state index contributed by atoms with van der Waals surface area (Å²) >= 11 is 0. The van der Waals surface area contributed by atoms with Crippen LogP contribution in [-0.4, -0.2) is 11.2 Å². The fourth-order valence-electron chi connectivity index (χ4n) is 1.42. The molecule has 0 aromatic carbocycles. The molecule has 0 aliphatic heterocycles. The van der Waals surface area contributed by atoms with Crippen LogP contribution in [0, 0.1) is 5.92 Å². The topological polar surface area (TPSA) is 20.2 Å². The Morgan fingerprint density at radius 2 is 2.09 bits per heavy atom. The second-order valence-corrected chi connectivity index (χ2v) is 3.55. The molecule has 0 aromatic heterocycles. The van der Waals surface area contributed by atoms with Crippen LogP contribution in [0.5, 0.6) is 0 Å². The summed E-state index contributed by atoms with van der Waals surface area (Å²) in [5.74, 6) is 0.467. The highest BCUT2D eigenvalue weighted by molar-refractivity contribution is 5.27. The van der Waals surface area contributed by atoms with Crippen molar-refractivity contribution in [3.63, 3.8) is 0 Å². The quantitative estimate of drug-likeness (QED) is 0.611. The Morgan fingerprint density at radius 1 is 1.45 bits per heavy atom. The zero-order chi connectivity index (χ0) is 8.43. The highest BCUT2D eigenvalue weighted by Gasteiger charge is 2.16. The van der Waals surface area contributed by atoms with E-state index in [9.17, 15) is 5.11 Å². The Hall–Kier alpha value is -0.560. The van der Waals surface area contributed by atoms with Gasteiger partial charge in [0.25, 0.3) is 0 Å². The van der Waals surface area contributed by atoms with Gasteiger partial charge in [0.05, 0.1) is 6.10 Å². The molecular weight excluding hydrogens is 136 g/mol. The van der Waals surface area contributed by atoms with E-state index in [0.717, 1.165) is 12.0 Å². The summed E-state index contributed by atoms with van der Waals surface area (Å²) in [6, 6.07) is 0. The molecule has 1 unspecified atom stereocenters. The second-order valence-electron chi connectivity index (χ2n) is 3.55. The van der Waals surface area contributed by atoms with Crippen molar-refractivity contribution in [3.05, 3.63) is 23.3 Å². The number of hydrogen-bond acceptors (Lipinski definition) is 1. The number of hydrogen-bond donors (Lipinski definition) is 1. The molecule has 1 atom stereocenters. The fraction of sp³-hybridized carbons (Fsp3) is 0.600.